The zero-order valence-corrected chi connectivity index (χ0v) is 12.7. The van der Waals surface area contributed by atoms with Crippen molar-refractivity contribution in [2.75, 3.05) is 0 Å². The van der Waals surface area contributed by atoms with Crippen LogP contribution >= 0.6 is 0 Å². The molecule has 0 rings (SSSR count). The van der Waals surface area contributed by atoms with E-state index < -0.39 is 0 Å². The summed E-state index contributed by atoms with van der Waals surface area (Å²) in [5.41, 5.74) is 0. The number of hydrogen-bond acceptors (Lipinski definition) is 1. The van der Waals surface area contributed by atoms with Crippen molar-refractivity contribution in [3.63, 3.8) is 0 Å². The molecular weight excluding hydrogens is 208 g/mol. The maximum Gasteiger partial charge on any atom is 0.0537 e. The summed E-state index contributed by atoms with van der Waals surface area (Å²) >= 11 is 0. The summed E-state index contributed by atoms with van der Waals surface area (Å²) < 4.78 is 0. The van der Waals surface area contributed by atoms with Crippen LogP contribution in [-0.2, 0) is 0 Å². The summed E-state index contributed by atoms with van der Waals surface area (Å²) in [6.07, 6.45) is 9.12. The van der Waals surface area contributed by atoms with Crippen molar-refractivity contribution in [1.82, 2.24) is 0 Å². The molecule has 1 nitrogen and oxygen atoms in total. The lowest BCUT2D eigenvalue weighted by Gasteiger charge is -2.16. The molecule has 0 aliphatic heterocycles. The van der Waals surface area contributed by atoms with Gasteiger partial charge in [-0.15, -0.1) is 0 Å². The van der Waals surface area contributed by atoms with Gasteiger partial charge >= 0.3 is 0 Å². The van der Waals surface area contributed by atoms with Gasteiger partial charge in [-0.05, 0) is 31.1 Å². The molecule has 0 spiro atoms. The molecule has 0 aromatic rings. The molecular formula is C16H34O. The predicted molar refractivity (Wildman–Crippen MR) is 77.2 cm³/mol. The highest BCUT2D eigenvalue weighted by atomic mass is 16.3. The van der Waals surface area contributed by atoms with E-state index in [0.717, 1.165) is 11.8 Å². The fourth-order valence-electron chi connectivity index (χ4n) is 2.19. The lowest BCUT2D eigenvalue weighted by Crippen LogP contribution is -2.13. The van der Waals surface area contributed by atoms with E-state index in [0.29, 0.717) is 5.92 Å². The van der Waals surface area contributed by atoms with Crippen LogP contribution in [-0.4, -0.2) is 11.2 Å². The molecule has 17 heavy (non-hydrogen) atoms. The van der Waals surface area contributed by atoms with E-state index in [4.69, 9.17) is 0 Å². The summed E-state index contributed by atoms with van der Waals surface area (Å²) in [5.74, 6) is 2.22. The van der Waals surface area contributed by atoms with Gasteiger partial charge in [-0.1, -0.05) is 66.2 Å². The molecule has 104 valence electrons. The molecule has 0 aliphatic rings. The molecule has 0 fully saturated rings. The highest BCUT2D eigenvalue weighted by molar-refractivity contribution is 4.62. The van der Waals surface area contributed by atoms with Crippen molar-refractivity contribution < 1.29 is 5.11 Å². The first-order valence-electron chi connectivity index (χ1n) is 7.65. The standard InChI is InChI=1S/C16H34O/c1-6-13(2)9-7-10-14(3)11-8-12-15(4)16(5)17/h13-17H,6-12H2,1-5H3/t13-,14+,15-,16+/m0/s1. The fraction of sp³-hybridized carbons (Fsp3) is 1.00. The molecule has 0 aromatic carbocycles. The first-order valence-corrected chi connectivity index (χ1v) is 7.65. The largest absolute Gasteiger partial charge is 0.393 e. The molecule has 0 aliphatic carbocycles. The SMILES string of the molecule is CC[C@H](C)CCC[C@@H](C)CCC[C@H](C)[C@@H](C)O. The average Bonchev–Trinajstić information content (AvgIpc) is 2.28. The summed E-state index contributed by atoms with van der Waals surface area (Å²) in [7, 11) is 0. The molecule has 0 heterocycles. The Morgan fingerprint density at radius 1 is 0.765 bits per heavy atom. The third-order valence-electron chi connectivity index (χ3n) is 4.27. The molecule has 0 bridgehead atoms. The van der Waals surface area contributed by atoms with Crippen LogP contribution in [0, 0.1) is 17.8 Å². The second-order valence-electron chi connectivity index (χ2n) is 6.20. The van der Waals surface area contributed by atoms with E-state index in [1.807, 2.05) is 6.92 Å². The molecule has 0 radical (unpaired) electrons. The molecule has 0 saturated carbocycles. The summed E-state index contributed by atoms with van der Waals surface area (Å²) in [6.45, 7) is 11.1. The van der Waals surface area contributed by atoms with E-state index >= 15 is 0 Å². The van der Waals surface area contributed by atoms with Crippen molar-refractivity contribution in [3.05, 3.63) is 0 Å². The summed E-state index contributed by atoms with van der Waals surface area (Å²) in [4.78, 5) is 0. The fourth-order valence-corrected chi connectivity index (χ4v) is 2.19. The van der Waals surface area contributed by atoms with Crippen LogP contribution in [0.3, 0.4) is 0 Å². The first-order chi connectivity index (χ1) is 7.97. The Morgan fingerprint density at radius 2 is 1.24 bits per heavy atom. The van der Waals surface area contributed by atoms with Gasteiger partial charge in [0, 0.05) is 0 Å². The van der Waals surface area contributed by atoms with Gasteiger partial charge in [0.15, 0.2) is 0 Å². The van der Waals surface area contributed by atoms with Gasteiger partial charge in [-0.25, -0.2) is 0 Å². The van der Waals surface area contributed by atoms with Gasteiger partial charge < -0.3 is 5.11 Å². The highest BCUT2D eigenvalue weighted by Crippen LogP contribution is 2.20. The van der Waals surface area contributed by atoms with Gasteiger partial charge in [0.2, 0.25) is 0 Å². The first kappa shape index (κ1) is 17.0. The van der Waals surface area contributed by atoms with Gasteiger partial charge in [-0.2, -0.15) is 0 Å². The van der Waals surface area contributed by atoms with Crippen molar-refractivity contribution in [1.29, 1.82) is 0 Å². The van der Waals surface area contributed by atoms with E-state index in [-0.39, 0.29) is 6.10 Å². The van der Waals surface area contributed by atoms with E-state index in [1.165, 1.54) is 44.9 Å². The molecule has 0 aromatic heterocycles. The second-order valence-corrected chi connectivity index (χ2v) is 6.20. The maximum absolute atomic E-state index is 9.42. The number of hydrogen-bond donors (Lipinski definition) is 1. The number of aliphatic hydroxyl groups is 1. The van der Waals surface area contributed by atoms with Crippen molar-refractivity contribution in [2.24, 2.45) is 17.8 Å². The molecule has 4 atom stereocenters. The van der Waals surface area contributed by atoms with Crippen molar-refractivity contribution in [2.45, 2.75) is 85.7 Å². The van der Waals surface area contributed by atoms with Crippen molar-refractivity contribution >= 4 is 0 Å². The van der Waals surface area contributed by atoms with Crippen LogP contribution < -0.4 is 0 Å². The van der Waals surface area contributed by atoms with Crippen LogP contribution in [0.4, 0.5) is 0 Å². The normalized spacial score (nSPS) is 18.7. The smallest absolute Gasteiger partial charge is 0.0537 e. The number of aliphatic hydroxyl groups excluding tert-OH is 1. The zero-order chi connectivity index (χ0) is 13.3. The molecule has 0 saturated heterocycles. The molecule has 1 N–H and O–H groups in total. The predicted octanol–water partition coefficient (Wildman–Crippen LogP) is 5.03. The maximum atomic E-state index is 9.42. The van der Waals surface area contributed by atoms with E-state index in [1.54, 1.807) is 0 Å². The van der Waals surface area contributed by atoms with Gasteiger partial charge in [0.05, 0.1) is 6.10 Å². The van der Waals surface area contributed by atoms with Gasteiger partial charge in [0.1, 0.15) is 0 Å². The van der Waals surface area contributed by atoms with Crippen LogP contribution in [0.2, 0.25) is 0 Å². The third-order valence-corrected chi connectivity index (χ3v) is 4.27. The second kappa shape index (κ2) is 9.94. The quantitative estimate of drug-likeness (QED) is 0.570. The monoisotopic (exact) mass is 242 g/mol. The van der Waals surface area contributed by atoms with Crippen LogP contribution in [0.25, 0.3) is 0 Å². The Hall–Kier alpha value is -0.0400. The molecule has 0 unspecified atom stereocenters. The highest BCUT2D eigenvalue weighted by Gasteiger charge is 2.09. The Kier molecular flexibility index (Phi) is 9.91. The minimum Gasteiger partial charge on any atom is -0.393 e. The lowest BCUT2D eigenvalue weighted by atomic mass is 9.91. The Labute approximate surface area is 109 Å². The van der Waals surface area contributed by atoms with Gasteiger partial charge in [-0.3, -0.25) is 0 Å². The van der Waals surface area contributed by atoms with E-state index in [9.17, 15) is 5.11 Å². The molecule has 1 heteroatoms. The summed E-state index contributed by atoms with van der Waals surface area (Å²) in [5, 5.41) is 9.42. The number of rotatable bonds is 10. The minimum atomic E-state index is -0.143. The Balaban J connectivity index is 3.43. The van der Waals surface area contributed by atoms with Crippen LogP contribution in [0.15, 0.2) is 0 Å². The van der Waals surface area contributed by atoms with E-state index in [2.05, 4.69) is 27.7 Å². The Morgan fingerprint density at radius 3 is 1.71 bits per heavy atom. The lowest BCUT2D eigenvalue weighted by molar-refractivity contribution is 0.127. The minimum absolute atomic E-state index is 0.143. The van der Waals surface area contributed by atoms with Crippen molar-refractivity contribution in [3.8, 4) is 0 Å². The topological polar surface area (TPSA) is 20.2 Å². The average molecular weight is 242 g/mol. The van der Waals surface area contributed by atoms with Gasteiger partial charge in [0.25, 0.3) is 0 Å². The van der Waals surface area contributed by atoms with Crippen LogP contribution in [0.5, 0.6) is 0 Å². The summed E-state index contributed by atoms with van der Waals surface area (Å²) in [6, 6.07) is 0. The third kappa shape index (κ3) is 9.64. The Bertz CT molecular complexity index is 165. The molecule has 0 amide bonds. The zero-order valence-electron chi connectivity index (χ0n) is 12.7. The van der Waals surface area contributed by atoms with Crippen LogP contribution in [0.1, 0.15) is 79.6 Å².